The molecule has 1 aromatic carbocycles. The second-order valence-electron chi connectivity index (χ2n) is 5.50. The standard InChI is InChI=1S/C15H18ClN3S/c1-15(2,3)19-9-11-8-12(16)4-5-13(11)20-14-10-17-6-7-18-14/h4-8,10,19H,9H2,1-3H3. The Hall–Kier alpha value is -1.10. The van der Waals surface area contributed by atoms with Crippen molar-refractivity contribution in [3.63, 3.8) is 0 Å². The van der Waals surface area contributed by atoms with Gasteiger partial charge in [-0.1, -0.05) is 23.4 Å². The third kappa shape index (κ3) is 4.78. The lowest BCUT2D eigenvalue weighted by molar-refractivity contribution is 0.422. The third-order valence-corrected chi connectivity index (χ3v) is 3.86. The Morgan fingerprint density at radius 1 is 1.25 bits per heavy atom. The molecule has 0 atom stereocenters. The average Bonchev–Trinajstić information content (AvgIpc) is 2.39. The van der Waals surface area contributed by atoms with Crippen molar-refractivity contribution in [3.8, 4) is 0 Å². The van der Waals surface area contributed by atoms with E-state index in [-0.39, 0.29) is 5.54 Å². The lowest BCUT2D eigenvalue weighted by Crippen LogP contribution is -2.35. The van der Waals surface area contributed by atoms with E-state index in [0.717, 1.165) is 21.5 Å². The van der Waals surface area contributed by atoms with E-state index in [1.807, 2.05) is 18.2 Å². The molecule has 0 amide bonds. The number of hydrogen-bond acceptors (Lipinski definition) is 4. The maximum atomic E-state index is 6.10. The van der Waals surface area contributed by atoms with Crippen LogP contribution in [0.3, 0.4) is 0 Å². The van der Waals surface area contributed by atoms with E-state index in [1.54, 1.807) is 30.4 Å². The highest BCUT2D eigenvalue weighted by Crippen LogP contribution is 2.30. The van der Waals surface area contributed by atoms with Gasteiger partial charge in [-0.25, -0.2) is 4.98 Å². The molecule has 3 nitrogen and oxygen atoms in total. The zero-order valence-electron chi connectivity index (χ0n) is 11.9. The normalized spacial score (nSPS) is 11.6. The predicted molar refractivity (Wildman–Crippen MR) is 84.2 cm³/mol. The molecule has 106 valence electrons. The van der Waals surface area contributed by atoms with E-state index >= 15 is 0 Å². The molecule has 0 saturated heterocycles. The molecule has 0 bridgehead atoms. The molecule has 0 saturated carbocycles. The number of aromatic nitrogens is 2. The first-order valence-corrected chi connectivity index (χ1v) is 7.61. The smallest absolute Gasteiger partial charge is 0.119 e. The monoisotopic (exact) mass is 307 g/mol. The van der Waals surface area contributed by atoms with Gasteiger partial charge in [-0.15, -0.1) is 0 Å². The molecule has 20 heavy (non-hydrogen) atoms. The molecule has 0 unspecified atom stereocenters. The quantitative estimate of drug-likeness (QED) is 0.920. The van der Waals surface area contributed by atoms with Gasteiger partial charge in [0.1, 0.15) is 5.03 Å². The van der Waals surface area contributed by atoms with Gasteiger partial charge in [-0.05, 0) is 44.5 Å². The first-order chi connectivity index (χ1) is 9.44. The van der Waals surface area contributed by atoms with E-state index in [1.165, 1.54) is 5.56 Å². The fourth-order valence-electron chi connectivity index (χ4n) is 1.60. The molecular weight excluding hydrogens is 290 g/mol. The topological polar surface area (TPSA) is 37.8 Å². The Labute approximate surface area is 129 Å². The molecule has 2 aromatic rings. The molecule has 2 rings (SSSR count). The van der Waals surface area contributed by atoms with Crippen LogP contribution in [-0.4, -0.2) is 15.5 Å². The van der Waals surface area contributed by atoms with Crippen LogP contribution in [0.2, 0.25) is 5.02 Å². The summed E-state index contributed by atoms with van der Waals surface area (Å²) in [6, 6.07) is 5.93. The van der Waals surface area contributed by atoms with Crippen LogP contribution in [0.5, 0.6) is 0 Å². The lowest BCUT2D eigenvalue weighted by atomic mass is 10.1. The molecule has 1 N–H and O–H groups in total. The first-order valence-electron chi connectivity index (χ1n) is 6.41. The summed E-state index contributed by atoms with van der Waals surface area (Å²) in [7, 11) is 0. The number of hydrogen-bond donors (Lipinski definition) is 1. The maximum absolute atomic E-state index is 6.10. The van der Waals surface area contributed by atoms with Gasteiger partial charge in [0.05, 0.1) is 6.20 Å². The summed E-state index contributed by atoms with van der Waals surface area (Å²) in [5.74, 6) is 0. The van der Waals surface area contributed by atoms with Crippen molar-refractivity contribution in [2.75, 3.05) is 0 Å². The van der Waals surface area contributed by atoms with Crippen LogP contribution in [0.1, 0.15) is 26.3 Å². The minimum Gasteiger partial charge on any atom is -0.308 e. The summed E-state index contributed by atoms with van der Waals surface area (Å²) in [6.45, 7) is 7.21. The van der Waals surface area contributed by atoms with Crippen molar-refractivity contribution < 1.29 is 0 Å². The van der Waals surface area contributed by atoms with Gasteiger partial charge >= 0.3 is 0 Å². The highest BCUT2D eigenvalue weighted by atomic mass is 35.5. The molecule has 0 spiro atoms. The molecule has 0 aliphatic heterocycles. The van der Waals surface area contributed by atoms with Crippen molar-refractivity contribution >= 4 is 23.4 Å². The summed E-state index contributed by atoms with van der Waals surface area (Å²) < 4.78 is 0. The van der Waals surface area contributed by atoms with E-state index in [2.05, 4.69) is 36.1 Å². The second kappa shape index (κ2) is 6.57. The zero-order valence-corrected chi connectivity index (χ0v) is 13.4. The Bertz CT molecular complexity index is 567. The van der Waals surface area contributed by atoms with Crippen molar-refractivity contribution in [1.82, 2.24) is 15.3 Å². The maximum Gasteiger partial charge on any atom is 0.119 e. The lowest BCUT2D eigenvalue weighted by Gasteiger charge is -2.21. The second-order valence-corrected chi connectivity index (χ2v) is 7.00. The van der Waals surface area contributed by atoms with Crippen molar-refractivity contribution in [2.45, 2.75) is 42.8 Å². The van der Waals surface area contributed by atoms with Gasteiger partial charge in [0.25, 0.3) is 0 Å². The number of nitrogens with zero attached hydrogens (tertiary/aromatic N) is 2. The van der Waals surface area contributed by atoms with Crippen LogP contribution in [-0.2, 0) is 6.54 Å². The van der Waals surface area contributed by atoms with Gasteiger partial charge in [-0.3, -0.25) is 4.98 Å². The first kappa shape index (κ1) is 15.3. The molecular formula is C15H18ClN3S. The third-order valence-electron chi connectivity index (χ3n) is 2.59. The number of rotatable bonds is 4. The van der Waals surface area contributed by atoms with Crippen LogP contribution < -0.4 is 5.32 Å². The molecule has 0 radical (unpaired) electrons. The van der Waals surface area contributed by atoms with Crippen LogP contribution in [0.15, 0.2) is 46.7 Å². The number of halogens is 1. The highest BCUT2D eigenvalue weighted by Gasteiger charge is 2.12. The van der Waals surface area contributed by atoms with Gasteiger partial charge in [0, 0.05) is 34.4 Å². The van der Waals surface area contributed by atoms with Gasteiger partial charge in [-0.2, -0.15) is 0 Å². The zero-order chi connectivity index (χ0) is 14.6. The van der Waals surface area contributed by atoms with Crippen LogP contribution >= 0.6 is 23.4 Å². The Morgan fingerprint density at radius 2 is 2.05 bits per heavy atom. The summed E-state index contributed by atoms with van der Waals surface area (Å²) >= 11 is 7.71. The summed E-state index contributed by atoms with van der Waals surface area (Å²) in [5.41, 5.74) is 1.24. The Morgan fingerprint density at radius 3 is 2.70 bits per heavy atom. The van der Waals surface area contributed by atoms with Crippen molar-refractivity contribution in [3.05, 3.63) is 47.4 Å². The molecule has 1 heterocycles. The molecule has 5 heteroatoms. The van der Waals surface area contributed by atoms with Gasteiger partial charge in [0.15, 0.2) is 0 Å². The van der Waals surface area contributed by atoms with Crippen molar-refractivity contribution in [1.29, 1.82) is 0 Å². The molecule has 0 fully saturated rings. The molecule has 0 aliphatic carbocycles. The van der Waals surface area contributed by atoms with E-state index in [4.69, 9.17) is 11.6 Å². The minimum absolute atomic E-state index is 0.0663. The van der Waals surface area contributed by atoms with Gasteiger partial charge < -0.3 is 5.32 Å². The van der Waals surface area contributed by atoms with E-state index < -0.39 is 0 Å². The van der Waals surface area contributed by atoms with E-state index in [0.29, 0.717) is 0 Å². The number of nitrogens with one attached hydrogen (secondary N) is 1. The van der Waals surface area contributed by atoms with Gasteiger partial charge in [0.2, 0.25) is 0 Å². The van der Waals surface area contributed by atoms with Crippen LogP contribution in [0.25, 0.3) is 0 Å². The molecule has 1 aromatic heterocycles. The Balaban J connectivity index is 2.19. The summed E-state index contributed by atoms with van der Waals surface area (Å²) in [4.78, 5) is 9.53. The largest absolute Gasteiger partial charge is 0.308 e. The minimum atomic E-state index is 0.0663. The number of benzene rings is 1. The SMILES string of the molecule is CC(C)(C)NCc1cc(Cl)ccc1Sc1cnccn1. The predicted octanol–water partition coefficient (Wildman–Crippen LogP) is 4.17. The fraction of sp³-hybridized carbons (Fsp3) is 0.333. The fourth-order valence-corrected chi connectivity index (χ4v) is 2.64. The summed E-state index contributed by atoms with van der Waals surface area (Å²) in [6.07, 6.45) is 5.14. The van der Waals surface area contributed by atoms with Crippen LogP contribution in [0.4, 0.5) is 0 Å². The summed E-state index contributed by atoms with van der Waals surface area (Å²) in [5, 5.41) is 5.11. The Kier molecular flexibility index (Phi) is 5.02. The van der Waals surface area contributed by atoms with E-state index in [9.17, 15) is 0 Å². The van der Waals surface area contributed by atoms with Crippen LogP contribution in [0, 0.1) is 0 Å². The molecule has 0 aliphatic rings. The highest BCUT2D eigenvalue weighted by molar-refractivity contribution is 7.99. The average molecular weight is 308 g/mol. The van der Waals surface area contributed by atoms with Crippen molar-refractivity contribution in [2.24, 2.45) is 0 Å².